The Hall–Kier alpha value is -3.81. The zero-order valence-electron chi connectivity index (χ0n) is 16.7. The molecule has 1 aliphatic rings. The molecule has 3 aromatic rings. The third-order valence-corrected chi connectivity index (χ3v) is 4.67. The van der Waals surface area contributed by atoms with Gasteiger partial charge in [0, 0.05) is 0 Å². The Morgan fingerprint density at radius 2 is 1.80 bits per heavy atom. The molecule has 4 rings (SSSR count). The van der Waals surface area contributed by atoms with Gasteiger partial charge >= 0.3 is 5.97 Å². The number of rotatable bonds is 5. The van der Waals surface area contributed by atoms with Gasteiger partial charge in [0.15, 0.2) is 18.1 Å². The molecule has 0 atom stereocenters. The number of carbonyl (C=O) groups is 2. The van der Waals surface area contributed by atoms with E-state index in [-0.39, 0.29) is 5.56 Å². The van der Waals surface area contributed by atoms with Gasteiger partial charge in [-0.05, 0) is 44.2 Å². The van der Waals surface area contributed by atoms with Crippen molar-refractivity contribution in [2.75, 3.05) is 25.1 Å². The highest BCUT2D eigenvalue weighted by atomic mass is 16.6. The summed E-state index contributed by atoms with van der Waals surface area (Å²) in [5.41, 5.74) is 3.23. The molecule has 1 aliphatic heterocycles. The Morgan fingerprint density at radius 3 is 2.57 bits per heavy atom. The first-order valence-corrected chi connectivity index (χ1v) is 9.51. The Morgan fingerprint density at radius 1 is 1.07 bits per heavy atom. The van der Waals surface area contributed by atoms with Crippen LogP contribution in [0, 0.1) is 13.8 Å². The number of esters is 1. The number of nitrogens with one attached hydrogen (secondary N) is 1. The van der Waals surface area contributed by atoms with Gasteiger partial charge in [0.1, 0.15) is 13.2 Å². The van der Waals surface area contributed by atoms with E-state index in [9.17, 15) is 9.59 Å². The molecule has 0 aliphatic carbocycles. The lowest BCUT2D eigenvalue weighted by Crippen LogP contribution is -2.22. The molecule has 30 heavy (non-hydrogen) atoms. The second-order valence-electron chi connectivity index (χ2n) is 6.78. The number of aromatic nitrogens is 2. The minimum atomic E-state index is -0.615. The average Bonchev–Trinajstić information content (AvgIpc) is 3.06. The van der Waals surface area contributed by atoms with Crippen molar-refractivity contribution in [3.63, 3.8) is 0 Å². The van der Waals surface area contributed by atoms with E-state index in [2.05, 4.69) is 10.4 Å². The van der Waals surface area contributed by atoms with Crippen molar-refractivity contribution in [2.45, 2.75) is 13.8 Å². The fourth-order valence-electron chi connectivity index (χ4n) is 3.20. The van der Waals surface area contributed by atoms with Crippen LogP contribution in [0.3, 0.4) is 0 Å². The largest absolute Gasteiger partial charge is 0.486 e. The molecular weight excluding hydrogens is 386 g/mol. The summed E-state index contributed by atoms with van der Waals surface area (Å²) >= 11 is 0. The molecule has 1 aromatic heterocycles. The van der Waals surface area contributed by atoms with E-state index in [1.54, 1.807) is 22.9 Å². The molecule has 0 fully saturated rings. The van der Waals surface area contributed by atoms with Crippen molar-refractivity contribution in [1.82, 2.24) is 9.78 Å². The lowest BCUT2D eigenvalue weighted by Gasteiger charge is -2.18. The van der Waals surface area contributed by atoms with E-state index in [0.717, 1.165) is 11.4 Å². The Bertz CT molecular complexity index is 1090. The van der Waals surface area contributed by atoms with Gasteiger partial charge in [-0.1, -0.05) is 18.2 Å². The summed E-state index contributed by atoms with van der Waals surface area (Å²) in [6.45, 7) is 4.15. The molecule has 0 unspecified atom stereocenters. The second-order valence-corrected chi connectivity index (χ2v) is 6.78. The van der Waals surface area contributed by atoms with Crippen LogP contribution in [-0.4, -0.2) is 41.5 Å². The molecule has 154 valence electrons. The number of anilines is 1. The van der Waals surface area contributed by atoms with E-state index >= 15 is 0 Å². The van der Waals surface area contributed by atoms with Gasteiger partial charge < -0.3 is 19.5 Å². The fourth-order valence-corrected chi connectivity index (χ4v) is 3.20. The number of hydrogen-bond acceptors (Lipinski definition) is 6. The number of ether oxygens (including phenoxy) is 3. The SMILES string of the molecule is Cc1nn(-c2ccccc2)c(C)c1NC(=O)COC(=O)c1ccc2c(c1)OCCO2. The third kappa shape index (κ3) is 3.98. The molecule has 0 bridgehead atoms. The van der Waals surface area contributed by atoms with Crippen molar-refractivity contribution in [2.24, 2.45) is 0 Å². The average molecular weight is 407 g/mol. The van der Waals surface area contributed by atoms with Crippen LogP contribution in [0.1, 0.15) is 21.7 Å². The summed E-state index contributed by atoms with van der Waals surface area (Å²) in [6.07, 6.45) is 0. The maximum Gasteiger partial charge on any atom is 0.338 e. The lowest BCUT2D eigenvalue weighted by atomic mass is 10.2. The Labute approximate surface area is 173 Å². The monoisotopic (exact) mass is 407 g/mol. The number of fused-ring (bicyclic) bond motifs is 1. The molecule has 0 saturated carbocycles. The van der Waals surface area contributed by atoms with Crippen LogP contribution in [0.25, 0.3) is 5.69 Å². The van der Waals surface area contributed by atoms with Crippen molar-refractivity contribution < 1.29 is 23.8 Å². The smallest absolute Gasteiger partial charge is 0.338 e. The van der Waals surface area contributed by atoms with E-state index in [1.807, 2.05) is 44.2 Å². The molecule has 0 saturated heterocycles. The molecule has 2 heterocycles. The molecule has 8 nitrogen and oxygen atoms in total. The highest BCUT2D eigenvalue weighted by Gasteiger charge is 2.18. The van der Waals surface area contributed by atoms with E-state index < -0.39 is 18.5 Å². The van der Waals surface area contributed by atoms with Crippen LogP contribution >= 0.6 is 0 Å². The summed E-state index contributed by atoms with van der Waals surface area (Å²) in [4.78, 5) is 24.7. The van der Waals surface area contributed by atoms with Gasteiger partial charge in [0.25, 0.3) is 5.91 Å². The van der Waals surface area contributed by atoms with Crippen LogP contribution < -0.4 is 14.8 Å². The number of carbonyl (C=O) groups excluding carboxylic acids is 2. The standard InChI is InChI=1S/C22H21N3O5/c1-14-21(15(2)25(24-14)17-6-4-3-5-7-17)23-20(26)13-30-22(27)16-8-9-18-19(12-16)29-11-10-28-18/h3-9,12H,10-11,13H2,1-2H3,(H,23,26). The van der Waals surface area contributed by atoms with E-state index in [1.165, 1.54) is 0 Å². The first kappa shape index (κ1) is 19.5. The minimum Gasteiger partial charge on any atom is -0.486 e. The van der Waals surface area contributed by atoms with Gasteiger partial charge in [-0.3, -0.25) is 4.79 Å². The van der Waals surface area contributed by atoms with Gasteiger partial charge in [0.05, 0.1) is 28.3 Å². The van der Waals surface area contributed by atoms with Gasteiger partial charge in [-0.25, -0.2) is 9.48 Å². The number of amides is 1. The third-order valence-electron chi connectivity index (χ3n) is 4.67. The van der Waals surface area contributed by atoms with Crippen molar-refractivity contribution in [3.8, 4) is 17.2 Å². The van der Waals surface area contributed by atoms with Crippen LogP contribution in [0.15, 0.2) is 48.5 Å². The molecular formula is C22H21N3O5. The second kappa shape index (κ2) is 8.28. The Balaban J connectivity index is 1.40. The van der Waals surface area contributed by atoms with Crippen molar-refractivity contribution in [3.05, 3.63) is 65.5 Å². The van der Waals surface area contributed by atoms with Crippen LogP contribution in [0.4, 0.5) is 5.69 Å². The topological polar surface area (TPSA) is 91.7 Å². The summed E-state index contributed by atoms with van der Waals surface area (Å²) < 4.78 is 17.8. The molecule has 0 spiro atoms. The maximum absolute atomic E-state index is 12.4. The molecule has 1 amide bonds. The summed E-state index contributed by atoms with van der Waals surface area (Å²) in [6, 6.07) is 14.4. The van der Waals surface area contributed by atoms with Crippen LogP contribution in [-0.2, 0) is 9.53 Å². The summed E-state index contributed by atoms with van der Waals surface area (Å²) in [5, 5.41) is 7.27. The van der Waals surface area contributed by atoms with Crippen LogP contribution in [0.5, 0.6) is 11.5 Å². The zero-order valence-corrected chi connectivity index (χ0v) is 16.7. The summed E-state index contributed by atoms with van der Waals surface area (Å²) in [7, 11) is 0. The Kier molecular flexibility index (Phi) is 5.38. The fraction of sp³-hybridized carbons (Fsp3) is 0.227. The number of benzene rings is 2. The molecule has 2 aromatic carbocycles. The lowest BCUT2D eigenvalue weighted by molar-refractivity contribution is -0.119. The van der Waals surface area contributed by atoms with Gasteiger partial charge in [-0.15, -0.1) is 0 Å². The number of para-hydroxylation sites is 1. The van der Waals surface area contributed by atoms with E-state index in [0.29, 0.717) is 36.1 Å². The molecule has 8 heteroatoms. The molecule has 0 radical (unpaired) electrons. The van der Waals surface area contributed by atoms with Crippen LogP contribution in [0.2, 0.25) is 0 Å². The predicted molar refractivity (Wildman–Crippen MR) is 109 cm³/mol. The summed E-state index contributed by atoms with van der Waals surface area (Å²) in [5.74, 6) is 0.00639. The minimum absolute atomic E-state index is 0.288. The highest BCUT2D eigenvalue weighted by Crippen LogP contribution is 2.31. The highest BCUT2D eigenvalue weighted by molar-refractivity contribution is 5.96. The number of aryl methyl sites for hydroxylation is 1. The van der Waals surface area contributed by atoms with Crippen molar-refractivity contribution >= 4 is 17.6 Å². The van der Waals surface area contributed by atoms with E-state index in [4.69, 9.17) is 14.2 Å². The first-order chi connectivity index (χ1) is 14.5. The normalized spacial score (nSPS) is 12.3. The van der Waals surface area contributed by atoms with Crippen molar-refractivity contribution in [1.29, 1.82) is 0 Å². The molecule has 1 N–H and O–H groups in total. The maximum atomic E-state index is 12.4. The van der Waals surface area contributed by atoms with Gasteiger partial charge in [-0.2, -0.15) is 5.10 Å². The first-order valence-electron chi connectivity index (χ1n) is 9.51. The van der Waals surface area contributed by atoms with Gasteiger partial charge in [0.2, 0.25) is 0 Å². The zero-order chi connectivity index (χ0) is 21.1. The number of nitrogens with zero attached hydrogens (tertiary/aromatic N) is 2. The number of hydrogen-bond donors (Lipinski definition) is 1. The quantitative estimate of drug-likeness (QED) is 0.654. The predicted octanol–water partition coefficient (Wildman–Crippen LogP) is 3.06.